The zero-order valence-corrected chi connectivity index (χ0v) is 18.8. The van der Waals surface area contributed by atoms with E-state index in [1.807, 2.05) is 12.1 Å². The van der Waals surface area contributed by atoms with Crippen molar-refractivity contribution >= 4 is 29.0 Å². The zero-order chi connectivity index (χ0) is 25.1. The number of phenols is 1. The van der Waals surface area contributed by atoms with Gasteiger partial charge in [-0.2, -0.15) is 0 Å². The number of primary amides is 1. The van der Waals surface area contributed by atoms with Gasteiger partial charge in [-0.1, -0.05) is 6.07 Å². The zero-order valence-electron chi connectivity index (χ0n) is 18.8. The first-order valence-corrected chi connectivity index (χ1v) is 11.5. The normalized spacial score (nSPS) is 29.9. The maximum absolute atomic E-state index is 13.5. The molecular weight excluding hydrogens is 452 g/mol. The highest BCUT2D eigenvalue weighted by Gasteiger charge is 2.66. The predicted octanol–water partition coefficient (Wildman–Crippen LogP) is 0.507. The summed E-state index contributed by atoms with van der Waals surface area (Å²) >= 11 is 0. The third-order valence-electron chi connectivity index (χ3n) is 7.82. The van der Waals surface area contributed by atoms with Crippen LogP contribution in [0.2, 0.25) is 0 Å². The van der Waals surface area contributed by atoms with E-state index in [0.29, 0.717) is 18.4 Å². The topological polar surface area (TPSA) is 165 Å². The number of aromatic nitrogens is 1. The molecule has 0 spiro atoms. The molecule has 9 heteroatoms. The fraction of sp³-hybridized carbons (Fsp3) is 0.385. The standard InChI is InChI=1S/C26H24N2O7/c27-25(34)21-18(30)11-15-9-14-10-16-13(2-1-12-5-7-28-8-6-12)3-4-17(29)20(16)22(31)19(14)23(32)26(15,35)24(21)33/h3-8,14-15,19,21,29,35H,1-2,9-11H2,(H2,27,34)/t14-,15+,19?,21?,26+/m1/s1. The van der Waals surface area contributed by atoms with Crippen molar-refractivity contribution in [2.75, 3.05) is 0 Å². The maximum Gasteiger partial charge on any atom is 0.235 e. The van der Waals surface area contributed by atoms with Crippen LogP contribution in [0.15, 0.2) is 36.7 Å². The van der Waals surface area contributed by atoms with E-state index in [9.17, 15) is 34.2 Å². The average Bonchev–Trinajstić information content (AvgIpc) is 2.81. The number of carbonyl (C=O) groups is 5. The minimum atomic E-state index is -2.63. The maximum atomic E-state index is 13.5. The van der Waals surface area contributed by atoms with Crippen molar-refractivity contribution in [2.45, 2.75) is 37.7 Å². The molecule has 0 aliphatic heterocycles. The Balaban J connectivity index is 1.51. The van der Waals surface area contributed by atoms with E-state index < -0.39 is 58.3 Å². The van der Waals surface area contributed by atoms with Crippen LogP contribution < -0.4 is 5.73 Å². The molecule has 2 fully saturated rings. The third-order valence-corrected chi connectivity index (χ3v) is 7.82. The van der Waals surface area contributed by atoms with Crippen molar-refractivity contribution < 1.29 is 34.2 Å². The smallest absolute Gasteiger partial charge is 0.235 e. The number of hydrogen-bond donors (Lipinski definition) is 3. The summed E-state index contributed by atoms with van der Waals surface area (Å²) in [6.45, 7) is 0. The van der Waals surface area contributed by atoms with Crippen molar-refractivity contribution in [3.05, 3.63) is 58.9 Å². The Kier molecular flexibility index (Phi) is 5.40. The van der Waals surface area contributed by atoms with E-state index >= 15 is 0 Å². The number of nitrogens with zero attached hydrogens (tertiary/aromatic N) is 1. The number of nitrogens with two attached hydrogens (primary N) is 1. The quantitative estimate of drug-likeness (QED) is 0.537. The lowest BCUT2D eigenvalue weighted by molar-refractivity contribution is -0.175. The molecule has 3 aliphatic rings. The molecule has 180 valence electrons. The fourth-order valence-electron chi connectivity index (χ4n) is 6.09. The first-order chi connectivity index (χ1) is 16.6. The Labute approximate surface area is 200 Å². The second kappa shape index (κ2) is 8.20. The first kappa shape index (κ1) is 23.0. The number of benzene rings is 1. The molecule has 5 rings (SSSR count). The second-order valence-electron chi connectivity index (χ2n) is 9.69. The number of rotatable bonds is 4. The highest BCUT2D eigenvalue weighted by Crippen LogP contribution is 2.50. The number of aliphatic hydroxyl groups is 1. The Hall–Kier alpha value is -3.72. The number of hydrogen-bond acceptors (Lipinski definition) is 8. The van der Waals surface area contributed by atoms with E-state index in [-0.39, 0.29) is 30.6 Å². The predicted molar refractivity (Wildman–Crippen MR) is 120 cm³/mol. The van der Waals surface area contributed by atoms with Crippen LogP contribution >= 0.6 is 0 Å². The number of fused-ring (bicyclic) bond motifs is 3. The third kappa shape index (κ3) is 3.41. The largest absolute Gasteiger partial charge is 0.507 e. The summed E-state index contributed by atoms with van der Waals surface area (Å²) < 4.78 is 0. The lowest BCUT2D eigenvalue weighted by Crippen LogP contribution is -2.68. The molecule has 2 aromatic rings. The molecular formula is C26H24N2O7. The second-order valence-corrected chi connectivity index (χ2v) is 9.69. The van der Waals surface area contributed by atoms with Crippen molar-refractivity contribution in [3.8, 4) is 5.75 Å². The van der Waals surface area contributed by atoms with E-state index in [1.54, 1.807) is 18.5 Å². The summed E-state index contributed by atoms with van der Waals surface area (Å²) in [5.41, 5.74) is 5.16. The number of carbonyl (C=O) groups excluding carboxylic acids is 5. The highest BCUT2D eigenvalue weighted by atomic mass is 16.3. The van der Waals surface area contributed by atoms with Gasteiger partial charge in [-0.3, -0.25) is 29.0 Å². The summed E-state index contributed by atoms with van der Waals surface area (Å²) in [5.74, 6) is -9.95. The number of pyridine rings is 1. The van der Waals surface area contributed by atoms with E-state index in [0.717, 1.165) is 11.1 Å². The molecule has 5 atom stereocenters. The van der Waals surface area contributed by atoms with Crippen LogP contribution in [0.4, 0.5) is 0 Å². The van der Waals surface area contributed by atoms with Gasteiger partial charge in [0.2, 0.25) is 5.91 Å². The molecule has 0 radical (unpaired) electrons. The Morgan fingerprint density at radius 2 is 1.74 bits per heavy atom. The summed E-state index contributed by atoms with van der Waals surface area (Å²) in [6, 6.07) is 6.96. The Bertz CT molecular complexity index is 1290. The number of aryl methyl sites for hydroxylation is 2. The van der Waals surface area contributed by atoms with Gasteiger partial charge in [0.1, 0.15) is 5.75 Å². The Morgan fingerprint density at radius 1 is 1.03 bits per heavy atom. The minimum Gasteiger partial charge on any atom is -0.507 e. The van der Waals surface area contributed by atoms with Crippen LogP contribution in [-0.4, -0.2) is 49.8 Å². The lowest BCUT2D eigenvalue weighted by atomic mass is 9.53. The van der Waals surface area contributed by atoms with Crippen molar-refractivity contribution in [1.82, 2.24) is 4.98 Å². The molecule has 2 unspecified atom stereocenters. The van der Waals surface area contributed by atoms with Crippen LogP contribution in [0.1, 0.15) is 39.9 Å². The molecule has 4 N–H and O–H groups in total. The minimum absolute atomic E-state index is 0.0275. The SMILES string of the molecule is NC(=O)C1C(=O)C[C@@H]2C[C@@H]3Cc4c(CCc5ccncc5)ccc(O)c4C(=O)C3C(=O)[C@]2(O)C1=O. The molecule has 9 nitrogen and oxygen atoms in total. The molecule has 35 heavy (non-hydrogen) atoms. The molecule has 1 aromatic carbocycles. The van der Waals surface area contributed by atoms with Gasteiger partial charge in [0.15, 0.2) is 34.7 Å². The van der Waals surface area contributed by atoms with Gasteiger partial charge < -0.3 is 15.9 Å². The van der Waals surface area contributed by atoms with Gasteiger partial charge >= 0.3 is 0 Å². The number of phenolic OH excluding ortho intramolecular Hbond substituents is 1. The van der Waals surface area contributed by atoms with Crippen LogP contribution in [0.5, 0.6) is 5.75 Å². The highest BCUT2D eigenvalue weighted by molar-refractivity contribution is 6.31. The molecule has 2 saturated carbocycles. The van der Waals surface area contributed by atoms with E-state index in [4.69, 9.17) is 5.73 Å². The number of Topliss-reactive ketones (excluding diaryl/α,β-unsaturated/α-hetero) is 4. The van der Waals surface area contributed by atoms with Gasteiger partial charge in [-0.05, 0) is 66.5 Å². The molecule has 1 amide bonds. The van der Waals surface area contributed by atoms with E-state index in [2.05, 4.69) is 4.98 Å². The molecule has 0 saturated heterocycles. The van der Waals surface area contributed by atoms with Gasteiger partial charge in [-0.25, -0.2) is 0 Å². The van der Waals surface area contributed by atoms with E-state index in [1.165, 1.54) is 6.07 Å². The van der Waals surface area contributed by atoms with Crippen molar-refractivity contribution in [1.29, 1.82) is 0 Å². The fourth-order valence-corrected chi connectivity index (χ4v) is 6.09. The van der Waals surface area contributed by atoms with Crippen LogP contribution in [0.3, 0.4) is 0 Å². The monoisotopic (exact) mass is 476 g/mol. The van der Waals surface area contributed by atoms with Gasteiger partial charge in [-0.15, -0.1) is 0 Å². The summed E-state index contributed by atoms with van der Waals surface area (Å²) in [5, 5.41) is 21.8. The van der Waals surface area contributed by atoms with Crippen molar-refractivity contribution in [2.24, 2.45) is 29.4 Å². The summed E-state index contributed by atoms with van der Waals surface area (Å²) in [4.78, 5) is 68.1. The lowest BCUT2D eigenvalue weighted by Gasteiger charge is -2.48. The number of amides is 1. The Morgan fingerprint density at radius 3 is 2.43 bits per heavy atom. The van der Waals surface area contributed by atoms with Gasteiger partial charge in [0.25, 0.3) is 0 Å². The van der Waals surface area contributed by atoms with Crippen LogP contribution in [-0.2, 0) is 38.4 Å². The number of ketones is 4. The number of aromatic hydroxyl groups is 1. The summed E-state index contributed by atoms with van der Waals surface area (Å²) in [6.07, 6.45) is 4.68. The molecule has 3 aliphatic carbocycles. The molecule has 1 aromatic heterocycles. The van der Waals surface area contributed by atoms with Crippen LogP contribution in [0.25, 0.3) is 0 Å². The van der Waals surface area contributed by atoms with Gasteiger partial charge in [0, 0.05) is 24.7 Å². The van der Waals surface area contributed by atoms with Crippen molar-refractivity contribution in [3.63, 3.8) is 0 Å². The molecule has 0 bridgehead atoms. The molecule has 1 heterocycles. The van der Waals surface area contributed by atoms with Gasteiger partial charge in [0.05, 0.1) is 11.5 Å². The van der Waals surface area contributed by atoms with Crippen LogP contribution in [0, 0.1) is 23.7 Å². The average molecular weight is 476 g/mol. The first-order valence-electron chi connectivity index (χ1n) is 11.5. The summed E-state index contributed by atoms with van der Waals surface area (Å²) in [7, 11) is 0.